The molecule has 5 rings (SSSR count). The van der Waals surface area contributed by atoms with Crippen LogP contribution in [0, 0.1) is 12.8 Å². The van der Waals surface area contributed by atoms with Crippen molar-refractivity contribution in [2.24, 2.45) is 5.92 Å². The first-order valence-electron chi connectivity index (χ1n) is 12.2. The third-order valence-corrected chi connectivity index (χ3v) is 6.83. The molecule has 34 heavy (non-hydrogen) atoms. The Morgan fingerprint density at radius 3 is 2.65 bits per heavy atom. The molecule has 6 heteroatoms. The van der Waals surface area contributed by atoms with Crippen LogP contribution in [0.3, 0.4) is 0 Å². The maximum Gasteiger partial charge on any atom is 0.229 e. The lowest BCUT2D eigenvalue weighted by Gasteiger charge is -2.32. The van der Waals surface area contributed by atoms with Gasteiger partial charge in [-0.15, -0.1) is 0 Å². The van der Waals surface area contributed by atoms with Crippen LogP contribution in [0.2, 0.25) is 0 Å². The van der Waals surface area contributed by atoms with Crippen LogP contribution in [0.5, 0.6) is 11.6 Å². The molecule has 0 unspecified atom stereocenters. The van der Waals surface area contributed by atoms with E-state index < -0.39 is 0 Å². The molecule has 0 atom stereocenters. The van der Waals surface area contributed by atoms with E-state index in [2.05, 4.69) is 17.0 Å². The van der Waals surface area contributed by atoms with Gasteiger partial charge in [0.1, 0.15) is 5.75 Å². The van der Waals surface area contributed by atoms with Crippen LogP contribution in [0.1, 0.15) is 48.1 Å². The zero-order chi connectivity index (χ0) is 23.5. The van der Waals surface area contributed by atoms with Crippen molar-refractivity contribution in [3.63, 3.8) is 0 Å². The van der Waals surface area contributed by atoms with Gasteiger partial charge in [0.25, 0.3) is 0 Å². The predicted molar refractivity (Wildman–Crippen MR) is 133 cm³/mol. The van der Waals surface area contributed by atoms with Crippen LogP contribution in [-0.4, -0.2) is 34.4 Å². The average molecular weight is 457 g/mol. The summed E-state index contributed by atoms with van der Waals surface area (Å²) in [5.74, 6) is 2.38. The van der Waals surface area contributed by atoms with E-state index in [1.807, 2.05) is 61.3 Å². The summed E-state index contributed by atoms with van der Waals surface area (Å²) in [6.07, 6.45) is 5.04. The highest BCUT2D eigenvalue weighted by atomic mass is 16.5. The molecule has 2 aliphatic rings. The number of nitrogens with zero attached hydrogens (tertiary/aromatic N) is 4. The van der Waals surface area contributed by atoms with Gasteiger partial charge in [0, 0.05) is 32.5 Å². The Labute approximate surface area is 201 Å². The van der Waals surface area contributed by atoms with Crippen molar-refractivity contribution in [3.8, 4) is 11.6 Å². The van der Waals surface area contributed by atoms with E-state index in [9.17, 15) is 4.79 Å². The summed E-state index contributed by atoms with van der Waals surface area (Å²) in [6.45, 7) is 3.96. The Bertz CT molecular complexity index is 1160. The number of hydrogen-bond acceptors (Lipinski definition) is 5. The van der Waals surface area contributed by atoms with Crippen molar-refractivity contribution in [2.75, 3.05) is 18.5 Å². The fourth-order valence-electron chi connectivity index (χ4n) is 4.96. The predicted octanol–water partition coefficient (Wildman–Crippen LogP) is 5.29. The van der Waals surface area contributed by atoms with E-state index in [4.69, 9.17) is 14.7 Å². The lowest BCUT2D eigenvalue weighted by molar-refractivity contribution is -0.136. The molecule has 0 bridgehead atoms. The van der Waals surface area contributed by atoms with Crippen molar-refractivity contribution in [1.29, 1.82) is 0 Å². The molecule has 0 saturated heterocycles. The molecular weight excluding hydrogens is 424 g/mol. The summed E-state index contributed by atoms with van der Waals surface area (Å²) >= 11 is 0. The molecule has 0 N–H and O–H groups in total. The minimum absolute atomic E-state index is 0.167. The first-order chi connectivity index (χ1) is 16.6. The summed E-state index contributed by atoms with van der Waals surface area (Å²) in [5.41, 5.74) is 4.22. The highest BCUT2D eigenvalue weighted by Gasteiger charge is 2.32. The zero-order valence-corrected chi connectivity index (χ0v) is 20.0. The molecule has 1 amide bonds. The quantitative estimate of drug-likeness (QED) is 0.505. The minimum atomic E-state index is 0.167. The van der Waals surface area contributed by atoms with E-state index >= 15 is 0 Å². The Morgan fingerprint density at radius 1 is 1.09 bits per heavy atom. The van der Waals surface area contributed by atoms with Gasteiger partial charge < -0.3 is 14.5 Å². The number of aryl methyl sites for hydroxylation is 1. The number of anilines is 1. The number of carbonyl (C=O) groups is 1. The second-order valence-electron chi connectivity index (χ2n) is 9.51. The lowest BCUT2D eigenvalue weighted by atomic mass is 10.0. The maximum absolute atomic E-state index is 13.1. The number of carbonyl (C=O) groups excluding carboxylic acids is 1. The molecular formula is C28H32N4O2. The van der Waals surface area contributed by atoms with Crippen LogP contribution in [0.4, 0.5) is 5.95 Å². The summed E-state index contributed by atoms with van der Waals surface area (Å²) in [5, 5.41) is 0. The third kappa shape index (κ3) is 4.91. The fourth-order valence-corrected chi connectivity index (χ4v) is 4.96. The van der Waals surface area contributed by atoms with Gasteiger partial charge in [-0.1, -0.05) is 55.3 Å². The maximum atomic E-state index is 13.1. The van der Waals surface area contributed by atoms with E-state index in [0.717, 1.165) is 48.3 Å². The normalized spacial score (nSPS) is 15.8. The molecule has 1 aliphatic heterocycles. The SMILES string of the molecule is Cc1cccc(Oc2nc(N(C)Cc3ccccc3)nc3c2CN(C(=O)C2CCCC2)CC3)c1. The molecule has 1 fully saturated rings. The fraction of sp³-hybridized carbons (Fsp3) is 0.393. The number of aromatic nitrogens is 2. The standard InChI is InChI=1S/C28H32N4O2/c1-20-9-8-14-23(17-20)34-26-24-19-32(27(33)22-12-6-7-13-22)16-15-25(24)29-28(30-26)31(2)18-21-10-4-3-5-11-21/h3-5,8-11,14,17,22H,6-7,12-13,15-16,18-19H2,1-2H3. The Balaban J connectivity index is 1.46. The first-order valence-corrected chi connectivity index (χ1v) is 12.2. The van der Waals surface area contributed by atoms with Crippen molar-refractivity contribution < 1.29 is 9.53 Å². The Morgan fingerprint density at radius 2 is 1.88 bits per heavy atom. The van der Waals surface area contributed by atoms with Crippen molar-refractivity contribution in [2.45, 2.75) is 52.1 Å². The number of rotatable bonds is 6. The summed E-state index contributed by atoms with van der Waals surface area (Å²) in [6, 6.07) is 18.3. The molecule has 2 aromatic carbocycles. The van der Waals surface area contributed by atoms with Crippen molar-refractivity contribution in [1.82, 2.24) is 14.9 Å². The van der Waals surface area contributed by atoms with Gasteiger partial charge in [0.05, 0.1) is 17.8 Å². The number of hydrogen-bond donors (Lipinski definition) is 0. The first kappa shape index (κ1) is 22.4. The summed E-state index contributed by atoms with van der Waals surface area (Å²) < 4.78 is 6.34. The van der Waals surface area contributed by atoms with E-state index in [0.29, 0.717) is 37.9 Å². The van der Waals surface area contributed by atoms with Crippen LogP contribution in [0.15, 0.2) is 54.6 Å². The highest BCUT2D eigenvalue weighted by molar-refractivity contribution is 5.79. The number of benzene rings is 2. The molecule has 0 radical (unpaired) electrons. The molecule has 6 nitrogen and oxygen atoms in total. The smallest absolute Gasteiger partial charge is 0.229 e. The van der Waals surface area contributed by atoms with Crippen molar-refractivity contribution >= 4 is 11.9 Å². The molecule has 1 aromatic heterocycles. The largest absolute Gasteiger partial charge is 0.438 e. The number of amides is 1. The van der Waals surface area contributed by atoms with Crippen LogP contribution >= 0.6 is 0 Å². The van der Waals surface area contributed by atoms with Gasteiger partial charge in [0.2, 0.25) is 17.7 Å². The molecule has 1 aliphatic carbocycles. The molecule has 2 heterocycles. The molecule has 176 valence electrons. The van der Waals surface area contributed by atoms with Gasteiger partial charge in [-0.05, 0) is 43.0 Å². The Kier molecular flexibility index (Phi) is 6.48. The minimum Gasteiger partial charge on any atom is -0.438 e. The monoisotopic (exact) mass is 456 g/mol. The summed E-state index contributed by atoms with van der Waals surface area (Å²) in [7, 11) is 2.00. The van der Waals surface area contributed by atoms with E-state index in [-0.39, 0.29) is 11.8 Å². The number of fused-ring (bicyclic) bond motifs is 1. The highest BCUT2D eigenvalue weighted by Crippen LogP contribution is 2.34. The van der Waals surface area contributed by atoms with Gasteiger partial charge in [-0.3, -0.25) is 4.79 Å². The van der Waals surface area contributed by atoms with Gasteiger partial charge >= 0.3 is 0 Å². The van der Waals surface area contributed by atoms with Gasteiger partial charge in [-0.25, -0.2) is 4.98 Å². The molecule has 1 saturated carbocycles. The second kappa shape index (κ2) is 9.84. The topological polar surface area (TPSA) is 58.6 Å². The summed E-state index contributed by atoms with van der Waals surface area (Å²) in [4.78, 5) is 26.9. The zero-order valence-electron chi connectivity index (χ0n) is 20.0. The van der Waals surface area contributed by atoms with Crippen LogP contribution in [-0.2, 0) is 24.3 Å². The Hall–Kier alpha value is -3.41. The van der Waals surface area contributed by atoms with E-state index in [1.54, 1.807) is 0 Å². The molecule has 3 aromatic rings. The molecule has 0 spiro atoms. The van der Waals surface area contributed by atoms with Crippen molar-refractivity contribution in [3.05, 3.63) is 77.0 Å². The van der Waals surface area contributed by atoms with Gasteiger partial charge in [-0.2, -0.15) is 4.98 Å². The average Bonchev–Trinajstić information content (AvgIpc) is 3.39. The van der Waals surface area contributed by atoms with Crippen LogP contribution < -0.4 is 9.64 Å². The van der Waals surface area contributed by atoms with Gasteiger partial charge in [0.15, 0.2) is 0 Å². The third-order valence-electron chi connectivity index (χ3n) is 6.83. The van der Waals surface area contributed by atoms with Crippen LogP contribution in [0.25, 0.3) is 0 Å². The second-order valence-corrected chi connectivity index (χ2v) is 9.51. The van der Waals surface area contributed by atoms with E-state index in [1.165, 1.54) is 5.56 Å². The number of ether oxygens (including phenoxy) is 1. The lowest BCUT2D eigenvalue weighted by Crippen LogP contribution is -2.40.